The van der Waals surface area contributed by atoms with Crippen molar-refractivity contribution in [1.82, 2.24) is 5.32 Å². The van der Waals surface area contributed by atoms with Gasteiger partial charge in [0.25, 0.3) is 0 Å². The fraction of sp³-hybridized carbons (Fsp3) is 0.800. The molecule has 9 nitrogen and oxygen atoms in total. The molecule has 0 saturated carbocycles. The van der Waals surface area contributed by atoms with Gasteiger partial charge in [0, 0.05) is 0 Å². The number of fused-ring (bicyclic) bond motifs is 1. The van der Waals surface area contributed by atoms with Gasteiger partial charge in [-0.1, -0.05) is 0 Å². The maximum absolute atomic E-state index is 12.9. The molecule has 3 rings (SSSR count). The molecule has 3 aliphatic heterocycles. The van der Waals surface area contributed by atoms with E-state index in [4.69, 9.17) is 14.0 Å². The smallest absolute Gasteiger partial charge is 0.407 e. The second-order valence-electron chi connectivity index (χ2n) is 5.24. The van der Waals surface area contributed by atoms with Crippen molar-refractivity contribution in [3.8, 4) is 0 Å². The van der Waals surface area contributed by atoms with Crippen LogP contribution in [0.1, 0.15) is 6.42 Å². The van der Waals surface area contributed by atoms with Gasteiger partial charge in [0.2, 0.25) is 0 Å². The molecule has 0 aromatic carbocycles. The first-order valence-corrected chi connectivity index (χ1v) is 7.68. The highest BCUT2D eigenvalue weighted by Gasteiger charge is 2.64. The summed E-state index contributed by atoms with van der Waals surface area (Å²) in [6.07, 6.45) is -2.69. The molecule has 5 atom stereocenters. The lowest BCUT2D eigenvalue weighted by Gasteiger charge is -2.23. The zero-order chi connectivity index (χ0) is 16.3. The number of ether oxygens (including phenoxy) is 3. The summed E-state index contributed by atoms with van der Waals surface area (Å²) in [7, 11) is -5.68. The second-order valence-corrected chi connectivity index (χ2v) is 6.79. The Bertz CT molecular complexity index is 622. The van der Waals surface area contributed by atoms with Gasteiger partial charge in [0.1, 0.15) is 6.10 Å². The molecule has 0 radical (unpaired) electrons. The van der Waals surface area contributed by atoms with Crippen LogP contribution >= 0.6 is 0 Å². The minimum atomic E-state index is -5.68. The van der Waals surface area contributed by atoms with E-state index in [9.17, 15) is 26.8 Å². The Balaban J connectivity index is 1.57. The van der Waals surface area contributed by atoms with Crippen molar-refractivity contribution in [1.29, 1.82) is 0 Å². The number of hydrogen-bond acceptors (Lipinski definition) is 7. The number of nitrogens with one attached hydrogen (secondary N) is 1. The Morgan fingerprint density at radius 2 is 2.14 bits per heavy atom. The van der Waals surface area contributed by atoms with Crippen molar-refractivity contribution in [2.24, 2.45) is 5.92 Å². The third-order valence-electron chi connectivity index (χ3n) is 3.88. The first-order valence-electron chi connectivity index (χ1n) is 6.24. The van der Waals surface area contributed by atoms with Gasteiger partial charge < -0.3 is 19.5 Å². The highest BCUT2D eigenvalue weighted by molar-refractivity contribution is 7.86. The summed E-state index contributed by atoms with van der Waals surface area (Å²) in [6.45, 7) is -1.84. The summed E-state index contributed by atoms with van der Waals surface area (Å²) >= 11 is 0. The average Bonchev–Trinajstić information content (AvgIpc) is 3.00. The zero-order valence-electron chi connectivity index (χ0n) is 10.8. The Morgan fingerprint density at radius 1 is 1.45 bits per heavy atom. The lowest BCUT2D eigenvalue weighted by molar-refractivity contribution is -0.143. The van der Waals surface area contributed by atoms with E-state index in [1.807, 2.05) is 0 Å². The summed E-state index contributed by atoms with van der Waals surface area (Å²) in [5.41, 5.74) is 0. The van der Waals surface area contributed by atoms with Crippen molar-refractivity contribution in [3.05, 3.63) is 0 Å². The molecule has 5 unspecified atom stereocenters. The van der Waals surface area contributed by atoms with Crippen LogP contribution in [0.5, 0.6) is 0 Å². The monoisotopic (exact) mass is 343 g/mol. The van der Waals surface area contributed by atoms with Crippen LogP contribution in [0.25, 0.3) is 0 Å². The fourth-order valence-electron chi connectivity index (χ4n) is 2.86. The number of carbonyl (C=O) groups is 2. The standard InChI is InChI=1S/C10H11F2NO8S/c11-10(12,22(16,17)18)2-19-9(15)13-5-4-1-3-6(20-4)7(5)21-8(3)14/h3-7H,1-2H2,(H,13,15)(H,16,17,18). The summed E-state index contributed by atoms with van der Waals surface area (Å²) in [4.78, 5) is 22.9. The Kier molecular flexibility index (Phi) is 3.30. The number of hydrogen-bond donors (Lipinski definition) is 2. The maximum Gasteiger partial charge on any atom is 0.407 e. The third-order valence-corrected chi connectivity index (χ3v) is 4.75. The quantitative estimate of drug-likeness (QED) is 0.505. The molecule has 0 aliphatic carbocycles. The van der Waals surface area contributed by atoms with Crippen LogP contribution in [-0.2, 0) is 29.1 Å². The molecule has 0 spiro atoms. The van der Waals surface area contributed by atoms with E-state index in [0.717, 1.165) is 0 Å². The van der Waals surface area contributed by atoms with E-state index >= 15 is 0 Å². The Morgan fingerprint density at radius 3 is 2.77 bits per heavy atom. The van der Waals surface area contributed by atoms with Crippen LogP contribution in [0, 0.1) is 5.92 Å². The topological polar surface area (TPSA) is 128 Å². The van der Waals surface area contributed by atoms with Crippen molar-refractivity contribution >= 4 is 22.2 Å². The largest absolute Gasteiger partial charge is 0.457 e. The highest BCUT2D eigenvalue weighted by Crippen LogP contribution is 2.46. The van der Waals surface area contributed by atoms with Crippen molar-refractivity contribution in [2.75, 3.05) is 6.61 Å². The van der Waals surface area contributed by atoms with E-state index in [0.29, 0.717) is 6.42 Å². The van der Waals surface area contributed by atoms with Crippen molar-refractivity contribution in [3.63, 3.8) is 0 Å². The van der Waals surface area contributed by atoms with Gasteiger partial charge in [-0.15, -0.1) is 0 Å². The lowest BCUT2D eigenvalue weighted by Crippen LogP contribution is -2.50. The zero-order valence-corrected chi connectivity index (χ0v) is 11.6. The maximum atomic E-state index is 12.9. The number of esters is 1. The van der Waals surface area contributed by atoms with Gasteiger partial charge in [-0.3, -0.25) is 9.35 Å². The van der Waals surface area contributed by atoms with Gasteiger partial charge in [0.05, 0.1) is 18.1 Å². The first-order chi connectivity index (χ1) is 10.1. The van der Waals surface area contributed by atoms with Gasteiger partial charge in [-0.05, 0) is 6.42 Å². The van der Waals surface area contributed by atoms with Crippen molar-refractivity contribution in [2.45, 2.75) is 36.0 Å². The second kappa shape index (κ2) is 4.73. The van der Waals surface area contributed by atoms with Crippen LogP contribution in [0.15, 0.2) is 0 Å². The summed E-state index contributed by atoms with van der Waals surface area (Å²) in [6, 6.07) is -0.750. The molecule has 3 aliphatic rings. The first kappa shape index (κ1) is 15.4. The van der Waals surface area contributed by atoms with E-state index in [2.05, 4.69) is 10.1 Å². The van der Waals surface area contributed by atoms with E-state index < -0.39 is 58.4 Å². The lowest BCUT2D eigenvalue weighted by atomic mass is 9.87. The molecule has 124 valence electrons. The normalized spacial score (nSPS) is 36.3. The number of carbonyl (C=O) groups excluding carboxylic acids is 2. The van der Waals surface area contributed by atoms with Crippen LogP contribution in [-0.4, -0.2) is 61.2 Å². The SMILES string of the molecule is O=C(NC1C2CC3C(=O)OC1C3O2)OCC(F)(F)S(=O)(=O)O. The summed E-state index contributed by atoms with van der Waals surface area (Å²) in [5.74, 6) is -0.819. The summed E-state index contributed by atoms with van der Waals surface area (Å²) < 4.78 is 69.4. The van der Waals surface area contributed by atoms with Gasteiger partial charge in [-0.2, -0.15) is 17.2 Å². The molecular weight excluding hydrogens is 332 g/mol. The minimum Gasteiger partial charge on any atom is -0.457 e. The number of alkyl carbamates (subject to hydrolysis) is 1. The van der Waals surface area contributed by atoms with E-state index in [1.165, 1.54) is 0 Å². The molecule has 3 fully saturated rings. The predicted octanol–water partition coefficient (Wildman–Crippen LogP) is -0.726. The molecule has 0 aromatic heterocycles. The molecule has 1 amide bonds. The Hall–Kier alpha value is -1.53. The van der Waals surface area contributed by atoms with Crippen LogP contribution < -0.4 is 5.32 Å². The number of rotatable bonds is 4. The predicted molar refractivity (Wildman–Crippen MR) is 61.4 cm³/mol. The highest BCUT2D eigenvalue weighted by atomic mass is 32.2. The molecule has 12 heteroatoms. The molecule has 3 saturated heterocycles. The molecule has 2 N–H and O–H groups in total. The van der Waals surface area contributed by atoms with E-state index in [-0.39, 0.29) is 5.92 Å². The molecular formula is C10H11F2NO8S. The van der Waals surface area contributed by atoms with Crippen LogP contribution in [0.3, 0.4) is 0 Å². The molecule has 3 heterocycles. The molecule has 2 bridgehead atoms. The number of halogens is 2. The fourth-order valence-corrected chi connectivity index (χ4v) is 3.07. The van der Waals surface area contributed by atoms with Crippen LogP contribution in [0.4, 0.5) is 13.6 Å². The number of alkyl halides is 2. The van der Waals surface area contributed by atoms with Crippen LogP contribution in [0.2, 0.25) is 0 Å². The van der Waals surface area contributed by atoms with Gasteiger partial charge in [0.15, 0.2) is 12.7 Å². The van der Waals surface area contributed by atoms with Crippen molar-refractivity contribution < 1.29 is 45.6 Å². The van der Waals surface area contributed by atoms with Gasteiger partial charge >= 0.3 is 27.4 Å². The molecule has 0 aromatic rings. The third kappa shape index (κ3) is 2.30. The van der Waals surface area contributed by atoms with Gasteiger partial charge in [-0.25, -0.2) is 4.79 Å². The van der Waals surface area contributed by atoms with E-state index in [1.54, 1.807) is 0 Å². The average molecular weight is 343 g/mol. The molecule has 22 heavy (non-hydrogen) atoms. The Labute approximate surface area is 122 Å². The summed E-state index contributed by atoms with van der Waals surface area (Å²) in [5, 5.41) is -2.40. The number of amides is 1. The minimum absolute atomic E-state index is 0.339.